The number of anilines is 2. The van der Waals surface area contributed by atoms with Gasteiger partial charge in [-0.05, 0) is 32.1 Å². The van der Waals surface area contributed by atoms with Crippen molar-refractivity contribution in [1.29, 1.82) is 0 Å². The second-order valence-electron chi connectivity index (χ2n) is 9.29. The summed E-state index contributed by atoms with van der Waals surface area (Å²) in [4.78, 5) is 42.4. The summed E-state index contributed by atoms with van der Waals surface area (Å²) in [6, 6.07) is 0. The zero-order chi connectivity index (χ0) is 24.9. The highest BCUT2D eigenvalue weighted by Gasteiger charge is 2.26. The first-order chi connectivity index (χ1) is 15.5. The van der Waals surface area contributed by atoms with E-state index in [1.54, 1.807) is 7.11 Å². The zero-order valence-corrected chi connectivity index (χ0v) is 20.9. The Bertz CT molecular complexity index is 1080. The minimum absolute atomic E-state index is 0.00114. The van der Waals surface area contributed by atoms with Crippen LogP contribution in [0.15, 0.2) is 9.59 Å². The fourth-order valence-corrected chi connectivity index (χ4v) is 3.87. The predicted octanol–water partition coefficient (Wildman–Crippen LogP) is 1.86. The number of rotatable bonds is 11. The molecule has 10 heteroatoms. The summed E-state index contributed by atoms with van der Waals surface area (Å²) in [5.74, 6) is 0.247. The lowest BCUT2D eigenvalue weighted by molar-refractivity contribution is -0.118. The van der Waals surface area contributed by atoms with Gasteiger partial charge in [-0.25, -0.2) is 4.79 Å². The molecule has 33 heavy (non-hydrogen) atoms. The third-order valence-electron chi connectivity index (χ3n) is 5.46. The highest BCUT2D eigenvalue weighted by atomic mass is 16.5. The summed E-state index contributed by atoms with van der Waals surface area (Å²) in [6.45, 7) is 13.7. The lowest BCUT2D eigenvalue weighted by Crippen LogP contribution is -2.42. The smallest absolute Gasteiger partial charge is 0.330 e. The first kappa shape index (κ1) is 26.4. The normalized spacial score (nSPS) is 11.5. The molecule has 2 rings (SSSR count). The van der Waals surface area contributed by atoms with Crippen LogP contribution in [0.3, 0.4) is 0 Å². The Kier molecular flexibility index (Phi) is 9.04. The van der Waals surface area contributed by atoms with Crippen molar-refractivity contribution in [3.05, 3.63) is 37.8 Å². The Balaban J connectivity index is 2.50. The molecule has 2 aromatic heterocycles. The van der Waals surface area contributed by atoms with E-state index in [0.29, 0.717) is 25.5 Å². The monoisotopic (exact) mass is 462 g/mol. The van der Waals surface area contributed by atoms with Crippen molar-refractivity contribution < 1.29 is 9.53 Å². The van der Waals surface area contributed by atoms with Crippen LogP contribution in [0.1, 0.15) is 51.1 Å². The highest BCUT2D eigenvalue weighted by Crippen LogP contribution is 2.22. The molecule has 0 spiro atoms. The van der Waals surface area contributed by atoms with Gasteiger partial charge in [-0.3, -0.25) is 23.8 Å². The van der Waals surface area contributed by atoms with Crippen molar-refractivity contribution in [1.82, 2.24) is 19.3 Å². The quantitative estimate of drug-likeness (QED) is 0.491. The Morgan fingerprint density at radius 3 is 2.36 bits per heavy atom. The molecule has 0 aliphatic rings. The molecule has 3 N–H and O–H groups in total. The number of hydrogen-bond donors (Lipinski definition) is 2. The largest absolute Gasteiger partial charge is 0.385 e. The lowest BCUT2D eigenvalue weighted by Gasteiger charge is -2.25. The van der Waals surface area contributed by atoms with Gasteiger partial charge in [0.15, 0.2) is 5.69 Å². The average Bonchev–Trinajstić information content (AvgIpc) is 2.96. The molecular formula is C23H38N6O4. The molecule has 184 valence electrons. The number of aromatic amines is 1. The summed E-state index contributed by atoms with van der Waals surface area (Å²) < 4.78 is 8.37. The molecule has 2 aromatic rings. The minimum Gasteiger partial charge on any atom is -0.385 e. The molecule has 0 aromatic carbocycles. The van der Waals surface area contributed by atoms with Gasteiger partial charge in [0, 0.05) is 44.6 Å². The van der Waals surface area contributed by atoms with E-state index in [-0.39, 0.29) is 36.3 Å². The van der Waals surface area contributed by atoms with Gasteiger partial charge in [0.05, 0.1) is 12.1 Å². The van der Waals surface area contributed by atoms with Crippen LogP contribution in [0.5, 0.6) is 0 Å². The number of carbonyl (C=O) groups excluding carboxylic acids is 1. The fraction of sp³-hybridized carbons (Fsp3) is 0.652. The van der Waals surface area contributed by atoms with E-state index in [0.717, 1.165) is 23.5 Å². The molecule has 0 bridgehead atoms. The van der Waals surface area contributed by atoms with E-state index in [1.165, 1.54) is 9.47 Å². The van der Waals surface area contributed by atoms with E-state index in [2.05, 4.69) is 23.9 Å². The highest BCUT2D eigenvalue weighted by molar-refractivity contribution is 5.97. The summed E-state index contributed by atoms with van der Waals surface area (Å²) in [7, 11) is 1.58. The fourth-order valence-electron chi connectivity index (χ4n) is 3.87. The summed E-state index contributed by atoms with van der Waals surface area (Å²) in [5, 5.41) is 4.59. The van der Waals surface area contributed by atoms with Crippen molar-refractivity contribution in [2.45, 2.75) is 67.5 Å². The molecule has 2 heterocycles. The van der Waals surface area contributed by atoms with Gasteiger partial charge in [0.1, 0.15) is 5.82 Å². The van der Waals surface area contributed by atoms with Gasteiger partial charge in [0.2, 0.25) is 5.91 Å². The SMILES string of the molecule is COCCCN(C(=O)Cc1c(C)nn(CC(C)C)c1C)c1c(N)n(CC(C)C)c(=O)[nH]c1=O. The Hall–Kier alpha value is -2.88. The van der Waals surface area contributed by atoms with Crippen LogP contribution in [-0.4, -0.2) is 45.5 Å². The molecule has 0 atom stereocenters. The van der Waals surface area contributed by atoms with Crippen molar-refractivity contribution in [3.8, 4) is 0 Å². The first-order valence-electron chi connectivity index (χ1n) is 11.4. The van der Waals surface area contributed by atoms with Crippen LogP contribution in [0.25, 0.3) is 0 Å². The van der Waals surface area contributed by atoms with E-state index in [4.69, 9.17) is 10.5 Å². The molecule has 0 aliphatic heterocycles. The second-order valence-corrected chi connectivity index (χ2v) is 9.29. The van der Waals surface area contributed by atoms with Crippen LogP contribution in [0.2, 0.25) is 0 Å². The lowest BCUT2D eigenvalue weighted by atomic mass is 10.1. The van der Waals surface area contributed by atoms with E-state index in [1.807, 2.05) is 32.4 Å². The number of nitrogens with two attached hydrogens (primary N) is 1. The number of aryl methyl sites for hydroxylation is 1. The van der Waals surface area contributed by atoms with E-state index < -0.39 is 11.2 Å². The third-order valence-corrected chi connectivity index (χ3v) is 5.46. The van der Waals surface area contributed by atoms with Gasteiger partial charge in [-0.15, -0.1) is 0 Å². The van der Waals surface area contributed by atoms with Crippen LogP contribution >= 0.6 is 0 Å². The molecule has 10 nitrogen and oxygen atoms in total. The molecule has 0 saturated heterocycles. The maximum absolute atomic E-state index is 13.5. The van der Waals surface area contributed by atoms with Crippen LogP contribution < -0.4 is 21.9 Å². The molecule has 1 amide bonds. The number of carbonyl (C=O) groups is 1. The maximum atomic E-state index is 13.5. The van der Waals surface area contributed by atoms with Gasteiger partial charge >= 0.3 is 5.69 Å². The van der Waals surface area contributed by atoms with E-state index >= 15 is 0 Å². The van der Waals surface area contributed by atoms with Crippen LogP contribution in [-0.2, 0) is 29.0 Å². The van der Waals surface area contributed by atoms with Crippen molar-refractivity contribution in [2.24, 2.45) is 11.8 Å². The Labute approximate surface area is 194 Å². The Morgan fingerprint density at radius 1 is 1.15 bits per heavy atom. The molecule has 0 radical (unpaired) electrons. The van der Waals surface area contributed by atoms with Gasteiger partial charge < -0.3 is 15.4 Å². The summed E-state index contributed by atoms with van der Waals surface area (Å²) in [6.07, 6.45) is 0.583. The van der Waals surface area contributed by atoms with Crippen molar-refractivity contribution in [3.63, 3.8) is 0 Å². The number of ether oxygens (including phenoxy) is 1. The molecule has 0 aliphatic carbocycles. The van der Waals surface area contributed by atoms with Crippen molar-refractivity contribution in [2.75, 3.05) is 30.9 Å². The molecule has 0 fully saturated rings. The number of hydrogen-bond acceptors (Lipinski definition) is 6. The topological polar surface area (TPSA) is 128 Å². The number of nitrogens with zero attached hydrogens (tertiary/aromatic N) is 4. The number of H-pyrrole nitrogens is 1. The molecule has 0 unspecified atom stereocenters. The third kappa shape index (κ3) is 6.34. The van der Waals surface area contributed by atoms with Gasteiger partial charge in [0.25, 0.3) is 5.56 Å². The molecular weight excluding hydrogens is 424 g/mol. The average molecular weight is 463 g/mol. The van der Waals surface area contributed by atoms with Crippen LogP contribution in [0.4, 0.5) is 11.5 Å². The second kappa shape index (κ2) is 11.3. The van der Waals surface area contributed by atoms with Crippen LogP contribution in [0, 0.1) is 25.7 Å². The van der Waals surface area contributed by atoms with Gasteiger partial charge in [-0.1, -0.05) is 27.7 Å². The number of amides is 1. The van der Waals surface area contributed by atoms with Gasteiger partial charge in [-0.2, -0.15) is 5.10 Å². The van der Waals surface area contributed by atoms with Crippen molar-refractivity contribution >= 4 is 17.4 Å². The molecule has 0 saturated carbocycles. The minimum atomic E-state index is -0.674. The summed E-state index contributed by atoms with van der Waals surface area (Å²) >= 11 is 0. The number of nitrogen functional groups attached to an aromatic ring is 1. The standard InChI is InChI=1S/C23H38N6O4/c1-14(2)12-28-21(24)20(22(31)25-23(28)32)27(9-8-10-33-7)19(30)11-18-16(5)26-29(17(18)6)13-15(3)4/h14-15H,8-13,24H2,1-7H3,(H,25,31,32). The Morgan fingerprint density at radius 2 is 1.79 bits per heavy atom. The predicted molar refractivity (Wildman–Crippen MR) is 130 cm³/mol. The summed E-state index contributed by atoms with van der Waals surface area (Å²) in [5.41, 5.74) is 7.58. The number of nitrogens with one attached hydrogen (secondary N) is 1. The first-order valence-corrected chi connectivity index (χ1v) is 11.4. The number of methoxy groups -OCH3 is 1. The van der Waals surface area contributed by atoms with E-state index in [9.17, 15) is 14.4 Å². The maximum Gasteiger partial charge on any atom is 0.330 e. The zero-order valence-electron chi connectivity index (χ0n) is 20.9. The number of aromatic nitrogens is 4.